The number of nitrogens with one attached hydrogen (secondary N) is 1. The summed E-state index contributed by atoms with van der Waals surface area (Å²) in [4.78, 5) is 4.17. The zero-order valence-corrected chi connectivity index (χ0v) is 11.6. The zero-order valence-electron chi connectivity index (χ0n) is 11.6. The van der Waals surface area contributed by atoms with Crippen molar-refractivity contribution >= 4 is 0 Å². The van der Waals surface area contributed by atoms with E-state index in [4.69, 9.17) is 0 Å². The molecule has 2 heterocycles. The summed E-state index contributed by atoms with van der Waals surface area (Å²) in [6.07, 6.45) is 8.69. The molecule has 0 amide bonds. The number of aromatic nitrogens is 4. The van der Waals surface area contributed by atoms with E-state index in [1.807, 2.05) is 25.5 Å². The fourth-order valence-electron chi connectivity index (χ4n) is 2.11. The normalized spacial score (nSPS) is 12.5. The van der Waals surface area contributed by atoms with Gasteiger partial charge in [0.1, 0.15) is 0 Å². The molecule has 0 aliphatic carbocycles. The summed E-state index contributed by atoms with van der Waals surface area (Å²) in [5.41, 5.74) is 2.28. The predicted octanol–water partition coefficient (Wildman–Crippen LogP) is 1.36. The highest BCUT2D eigenvalue weighted by molar-refractivity contribution is 5.11. The lowest BCUT2D eigenvalue weighted by Gasteiger charge is -2.17. The van der Waals surface area contributed by atoms with Crippen molar-refractivity contribution in [3.05, 3.63) is 42.0 Å². The molecular weight excluding hydrogens is 238 g/mol. The van der Waals surface area contributed by atoms with Crippen LogP contribution in [0.2, 0.25) is 0 Å². The van der Waals surface area contributed by atoms with Crippen molar-refractivity contribution in [1.29, 1.82) is 0 Å². The maximum atomic E-state index is 4.17. The van der Waals surface area contributed by atoms with Gasteiger partial charge in [-0.1, -0.05) is 18.2 Å². The summed E-state index contributed by atoms with van der Waals surface area (Å²) < 4.78 is 1.75. The lowest BCUT2D eigenvalue weighted by Crippen LogP contribution is -2.34. The molecule has 0 aliphatic rings. The topological polar surface area (TPSA) is 55.6 Å². The number of nitrogens with zero attached hydrogens (tertiary/aromatic N) is 4. The maximum Gasteiger partial charge on any atom is 0.0842 e. The van der Waals surface area contributed by atoms with Gasteiger partial charge in [0.15, 0.2) is 0 Å². The minimum absolute atomic E-state index is 0.376. The van der Waals surface area contributed by atoms with Gasteiger partial charge in [0.2, 0.25) is 0 Å². The first-order valence-electron chi connectivity index (χ1n) is 6.75. The van der Waals surface area contributed by atoms with E-state index in [-0.39, 0.29) is 0 Å². The van der Waals surface area contributed by atoms with Crippen LogP contribution >= 0.6 is 0 Å². The van der Waals surface area contributed by atoms with Crippen LogP contribution in [0, 0.1) is 0 Å². The summed E-state index contributed by atoms with van der Waals surface area (Å²) in [5, 5.41) is 11.7. The van der Waals surface area contributed by atoms with Gasteiger partial charge in [-0.15, -0.1) is 5.10 Å². The van der Waals surface area contributed by atoms with Crippen molar-refractivity contribution in [2.45, 2.75) is 32.2 Å². The number of pyridine rings is 1. The van der Waals surface area contributed by atoms with Crippen LogP contribution in [0.15, 0.2) is 30.7 Å². The molecule has 2 aromatic rings. The van der Waals surface area contributed by atoms with Crippen molar-refractivity contribution in [1.82, 2.24) is 25.3 Å². The average molecular weight is 259 g/mol. The van der Waals surface area contributed by atoms with E-state index in [9.17, 15) is 0 Å². The smallest absolute Gasteiger partial charge is 0.0842 e. The molecule has 0 saturated carbocycles. The van der Waals surface area contributed by atoms with E-state index >= 15 is 0 Å². The van der Waals surface area contributed by atoms with Crippen LogP contribution in [0.5, 0.6) is 0 Å². The Morgan fingerprint density at radius 1 is 1.37 bits per heavy atom. The third-order valence-electron chi connectivity index (χ3n) is 2.99. The molecule has 2 rings (SSSR count). The third kappa shape index (κ3) is 4.44. The predicted molar refractivity (Wildman–Crippen MR) is 74.7 cm³/mol. The van der Waals surface area contributed by atoms with Crippen LogP contribution in [0.25, 0.3) is 0 Å². The SMILES string of the molecule is CCCNC(Cc1cccnc1)Cc1cn(C)nn1. The number of hydrogen-bond donors (Lipinski definition) is 1. The van der Waals surface area contributed by atoms with Gasteiger partial charge in [0, 0.05) is 38.1 Å². The van der Waals surface area contributed by atoms with Crippen LogP contribution in [0.4, 0.5) is 0 Å². The molecule has 0 spiro atoms. The number of hydrogen-bond acceptors (Lipinski definition) is 4. The second-order valence-electron chi connectivity index (χ2n) is 4.80. The molecule has 0 radical (unpaired) electrons. The van der Waals surface area contributed by atoms with Crippen molar-refractivity contribution < 1.29 is 0 Å². The van der Waals surface area contributed by atoms with Gasteiger partial charge in [-0.25, -0.2) is 0 Å². The fourth-order valence-corrected chi connectivity index (χ4v) is 2.11. The van der Waals surface area contributed by atoms with Crippen molar-refractivity contribution in [3.8, 4) is 0 Å². The molecule has 2 aromatic heterocycles. The Balaban J connectivity index is 1.99. The lowest BCUT2D eigenvalue weighted by atomic mass is 10.0. The van der Waals surface area contributed by atoms with Crippen molar-refractivity contribution in [3.63, 3.8) is 0 Å². The van der Waals surface area contributed by atoms with Gasteiger partial charge >= 0.3 is 0 Å². The molecule has 0 fully saturated rings. The molecule has 5 heteroatoms. The average Bonchev–Trinajstić information content (AvgIpc) is 2.82. The summed E-state index contributed by atoms with van der Waals surface area (Å²) in [6.45, 7) is 3.20. The van der Waals surface area contributed by atoms with Gasteiger partial charge in [0.05, 0.1) is 5.69 Å². The Hall–Kier alpha value is -1.75. The molecule has 0 saturated heterocycles. The van der Waals surface area contributed by atoms with E-state index in [0.29, 0.717) is 6.04 Å². The summed E-state index contributed by atoms with van der Waals surface area (Å²) >= 11 is 0. The van der Waals surface area contributed by atoms with Gasteiger partial charge in [-0.05, 0) is 31.0 Å². The molecule has 5 nitrogen and oxygen atoms in total. The first kappa shape index (κ1) is 13.7. The van der Waals surface area contributed by atoms with Crippen LogP contribution in [-0.4, -0.2) is 32.6 Å². The molecule has 0 aliphatic heterocycles. The Labute approximate surface area is 114 Å². The zero-order chi connectivity index (χ0) is 13.5. The Kier molecular flexibility index (Phi) is 5.03. The monoisotopic (exact) mass is 259 g/mol. The van der Waals surface area contributed by atoms with Gasteiger partial charge < -0.3 is 5.32 Å². The summed E-state index contributed by atoms with van der Waals surface area (Å²) in [7, 11) is 1.89. The fraction of sp³-hybridized carbons (Fsp3) is 0.500. The van der Waals surface area contributed by atoms with Gasteiger partial charge in [-0.2, -0.15) is 0 Å². The molecule has 102 valence electrons. The molecule has 0 bridgehead atoms. The molecule has 1 unspecified atom stereocenters. The Morgan fingerprint density at radius 3 is 2.89 bits per heavy atom. The highest BCUT2D eigenvalue weighted by Crippen LogP contribution is 2.06. The Bertz CT molecular complexity index is 480. The van der Waals surface area contributed by atoms with Gasteiger partial charge in [-0.3, -0.25) is 9.67 Å². The first-order chi connectivity index (χ1) is 9.28. The van der Waals surface area contributed by atoms with Crippen molar-refractivity contribution in [2.24, 2.45) is 7.05 Å². The van der Waals surface area contributed by atoms with E-state index in [1.54, 1.807) is 10.9 Å². The lowest BCUT2D eigenvalue weighted by molar-refractivity contribution is 0.499. The van der Waals surface area contributed by atoms with Gasteiger partial charge in [0.25, 0.3) is 0 Å². The van der Waals surface area contributed by atoms with Crippen LogP contribution in [0.1, 0.15) is 24.6 Å². The minimum atomic E-state index is 0.376. The highest BCUT2D eigenvalue weighted by atomic mass is 15.4. The second-order valence-corrected chi connectivity index (χ2v) is 4.80. The number of aryl methyl sites for hydroxylation is 1. The van der Waals surface area contributed by atoms with E-state index in [1.165, 1.54) is 5.56 Å². The van der Waals surface area contributed by atoms with Crippen LogP contribution in [-0.2, 0) is 19.9 Å². The van der Waals surface area contributed by atoms with Crippen LogP contribution < -0.4 is 5.32 Å². The van der Waals surface area contributed by atoms with E-state index < -0.39 is 0 Å². The molecule has 1 N–H and O–H groups in total. The van der Waals surface area contributed by atoms with E-state index in [2.05, 4.69) is 33.6 Å². The largest absolute Gasteiger partial charge is 0.313 e. The number of rotatable bonds is 7. The Morgan fingerprint density at radius 2 is 2.26 bits per heavy atom. The summed E-state index contributed by atoms with van der Waals surface area (Å²) in [5.74, 6) is 0. The third-order valence-corrected chi connectivity index (χ3v) is 2.99. The summed E-state index contributed by atoms with van der Waals surface area (Å²) in [6, 6.07) is 4.47. The highest BCUT2D eigenvalue weighted by Gasteiger charge is 2.12. The molecular formula is C14H21N5. The molecule has 19 heavy (non-hydrogen) atoms. The minimum Gasteiger partial charge on any atom is -0.313 e. The maximum absolute atomic E-state index is 4.17. The first-order valence-corrected chi connectivity index (χ1v) is 6.75. The quantitative estimate of drug-likeness (QED) is 0.816. The van der Waals surface area contributed by atoms with Crippen molar-refractivity contribution in [2.75, 3.05) is 6.54 Å². The standard InChI is InChI=1S/C14H21N5/c1-3-6-16-13(8-12-5-4-7-15-10-12)9-14-11-19(2)18-17-14/h4-5,7,10-11,13,16H,3,6,8-9H2,1-2H3. The van der Waals surface area contributed by atoms with Crippen LogP contribution in [0.3, 0.4) is 0 Å². The molecule has 0 aromatic carbocycles. The second kappa shape index (κ2) is 6.99. The van der Waals surface area contributed by atoms with E-state index in [0.717, 1.165) is 31.5 Å². The molecule has 1 atom stereocenters.